The minimum Gasteiger partial charge on any atom is -0.490 e. The van der Waals surface area contributed by atoms with E-state index in [2.05, 4.69) is 20.0 Å². The van der Waals surface area contributed by atoms with Gasteiger partial charge in [0, 0.05) is 19.2 Å². The van der Waals surface area contributed by atoms with E-state index in [-0.39, 0.29) is 0 Å². The summed E-state index contributed by atoms with van der Waals surface area (Å²) < 4.78 is 16.0. The third kappa shape index (κ3) is 3.56. The van der Waals surface area contributed by atoms with Gasteiger partial charge < -0.3 is 19.5 Å². The lowest BCUT2D eigenvalue weighted by Gasteiger charge is -2.11. The number of ether oxygens (including phenoxy) is 3. The molecule has 0 atom stereocenters. The third-order valence-corrected chi connectivity index (χ3v) is 3.65. The maximum Gasteiger partial charge on any atom is 0.341 e. The molecule has 0 unspecified atom stereocenters. The van der Waals surface area contributed by atoms with E-state index in [9.17, 15) is 4.79 Å². The summed E-state index contributed by atoms with van der Waals surface area (Å²) in [6.45, 7) is 3.60. The molecule has 1 N–H and O–H groups in total. The summed E-state index contributed by atoms with van der Waals surface area (Å²) in [7, 11) is 1.33. The van der Waals surface area contributed by atoms with Crippen molar-refractivity contribution >= 4 is 11.9 Å². The maximum absolute atomic E-state index is 11.5. The Morgan fingerprint density at radius 1 is 1.29 bits per heavy atom. The highest BCUT2D eigenvalue weighted by atomic mass is 16.5. The van der Waals surface area contributed by atoms with E-state index < -0.39 is 5.97 Å². The zero-order chi connectivity index (χ0) is 16.9. The van der Waals surface area contributed by atoms with E-state index in [0.717, 1.165) is 23.5 Å². The van der Waals surface area contributed by atoms with Gasteiger partial charge in [-0.1, -0.05) is 6.07 Å². The lowest BCUT2D eigenvalue weighted by molar-refractivity contribution is 0.0599. The van der Waals surface area contributed by atoms with Gasteiger partial charge in [0.15, 0.2) is 11.5 Å². The quantitative estimate of drug-likeness (QED) is 0.862. The van der Waals surface area contributed by atoms with Crippen molar-refractivity contribution in [1.82, 2.24) is 9.97 Å². The number of aryl methyl sites for hydroxylation is 1. The predicted molar refractivity (Wildman–Crippen MR) is 87.5 cm³/mol. The first-order chi connectivity index (χ1) is 11.7. The van der Waals surface area contributed by atoms with Gasteiger partial charge in [-0.15, -0.1) is 0 Å². The lowest BCUT2D eigenvalue weighted by atomic mass is 10.2. The summed E-state index contributed by atoms with van der Waals surface area (Å²) in [5.74, 6) is 1.53. The Kier molecular flexibility index (Phi) is 4.79. The molecule has 1 aromatic heterocycles. The molecule has 3 rings (SSSR count). The van der Waals surface area contributed by atoms with Crippen LogP contribution < -0.4 is 14.8 Å². The van der Waals surface area contributed by atoms with Crippen LogP contribution in [0.4, 0.5) is 5.95 Å². The van der Waals surface area contributed by atoms with Crippen molar-refractivity contribution in [3.05, 3.63) is 41.2 Å². The van der Waals surface area contributed by atoms with Crippen LogP contribution in [0.3, 0.4) is 0 Å². The number of methoxy groups -OCH3 is 1. The zero-order valence-electron chi connectivity index (χ0n) is 13.7. The Morgan fingerprint density at radius 2 is 2.08 bits per heavy atom. The minimum absolute atomic E-state index is 0.360. The molecule has 126 valence electrons. The molecule has 0 amide bonds. The molecule has 0 bridgehead atoms. The number of rotatable bonds is 4. The molecule has 0 saturated carbocycles. The fourth-order valence-corrected chi connectivity index (χ4v) is 2.36. The number of carbonyl (C=O) groups is 1. The second-order valence-electron chi connectivity index (χ2n) is 5.37. The maximum atomic E-state index is 11.5. The van der Waals surface area contributed by atoms with Gasteiger partial charge in [-0.3, -0.25) is 0 Å². The number of fused-ring (bicyclic) bond motifs is 1. The number of aromatic nitrogens is 2. The molecule has 0 radical (unpaired) electrons. The van der Waals surface area contributed by atoms with Gasteiger partial charge in [0.2, 0.25) is 5.95 Å². The van der Waals surface area contributed by atoms with Crippen molar-refractivity contribution in [1.29, 1.82) is 0 Å². The highest BCUT2D eigenvalue weighted by Crippen LogP contribution is 2.30. The topological polar surface area (TPSA) is 82.6 Å². The number of hydrogen-bond acceptors (Lipinski definition) is 7. The molecule has 7 nitrogen and oxygen atoms in total. The van der Waals surface area contributed by atoms with E-state index in [0.29, 0.717) is 37.0 Å². The highest BCUT2D eigenvalue weighted by molar-refractivity contribution is 5.90. The second-order valence-corrected chi connectivity index (χ2v) is 5.37. The Balaban J connectivity index is 1.68. The van der Waals surface area contributed by atoms with Gasteiger partial charge >= 0.3 is 5.97 Å². The Hall–Kier alpha value is -2.83. The number of esters is 1. The lowest BCUT2D eigenvalue weighted by Crippen LogP contribution is -2.10. The van der Waals surface area contributed by atoms with Crippen molar-refractivity contribution in [3.8, 4) is 11.5 Å². The molecular formula is C17H19N3O4. The Labute approximate surface area is 140 Å². The van der Waals surface area contributed by atoms with Crippen LogP contribution >= 0.6 is 0 Å². The number of hydrogen-bond donors (Lipinski definition) is 1. The van der Waals surface area contributed by atoms with Gasteiger partial charge in [-0.05, 0) is 24.6 Å². The first-order valence-electron chi connectivity index (χ1n) is 7.71. The number of nitrogens with one attached hydrogen (secondary N) is 1. The van der Waals surface area contributed by atoms with Crippen LogP contribution in [-0.2, 0) is 11.3 Å². The van der Waals surface area contributed by atoms with Gasteiger partial charge in [0.25, 0.3) is 0 Å². The fraction of sp³-hybridized carbons (Fsp3) is 0.353. The Morgan fingerprint density at radius 3 is 2.83 bits per heavy atom. The van der Waals surface area contributed by atoms with E-state index in [1.165, 1.54) is 13.3 Å². The van der Waals surface area contributed by atoms with Crippen LogP contribution in [0.25, 0.3) is 0 Å². The average Bonchev–Trinajstić information content (AvgIpc) is 2.84. The standard InChI is InChI=1S/C17H19N3O4/c1-11-13(16(21)22-2)10-19-17(20-11)18-9-12-4-5-14-15(8-12)24-7-3-6-23-14/h4-5,8,10H,3,6-7,9H2,1-2H3,(H,18,19,20). The minimum atomic E-state index is -0.443. The molecule has 24 heavy (non-hydrogen) atoms. The molecule has 0 aliphatic carbocycles. The van der Waals surface area contributed by atoms with Crippen molar-refractivity contribution in [2.45, 2.75) is 19.9 Å². The predicted octanol–water partition coefficient (Wildman–Crippen LogP) is 2.35. The zero-order valence-corrected chi connectivity index (χ0v) is 13.7. The molecule has 1 aliphatic heterocycles. The monoisotopic (exact) mass is 329 g/mol. The van der Waals surface area contributed by atoms with Crippen LogP contribution in [0.1, 0.15) is 28.0 Å². The smallest absolute Gasteiger partial charge is 0.341 e. The van der Waals surface area contributed by atoms with Crippen LogP contribution in [-0.4, -0.2) is 36.3 Å². The van der Waals surface area contributed by atoms with Gasteiger partial charge in [0.1, 0.15) is 0 Å². The summed E-state index contributed by atoms with van der Waals surface area (Å²) >= 11 is 0. The summed E-state index contributed by atoms with van der Waals surface area (Å²) in [6.07, 6.45) is 2.34. The molecule has 1 aliphatic rings. The van der Waals surface area contributed by atoms with E-state index in [4.69, 9.17) is 9.47 Å². The van der Waals surface area contributed by atoms with Crippen LogP contribution in [0.5, 0.6) is 11.5 Å². The third-order valence-electron chi connectivity index (χ3n) is 3.65. The molecular weight excluding hydrogens is 310 g/mol. The van der Waals surface area contributed by atoms with Crippen molar-refractivity contribution < 1.29 is 19.0 Å². The fourth-order valence-electron chi connectivity index (χ4n) is 2.36. The number of nitrogens with zero attached hydrogens (tertiary/aromatic N) is 2. The van der Waals surface area contributed by atoms with Crippen molar-refractivity contribution in [2.75, 3.05) is 25.6 Å². The Bertz CT molecular complexity index is 749. The van der Waals surface area contributed by atoms with Crippen LogP contribution in [0, 0.1) is 6.92 Å². The number of benzene rings is 1. The van der Waals surface area contributed by atoms with E-state index >= 15 is 0 Å². The average molecular weight is 329 g/mol. The molecule has 0 saturated heterocycles. The molecule has 7 heteroatoms. The first-order valence-corrected chi connectivity index (χ1v) is 7.71. The normalized spacial score (nSPS) is 13.1. The summed E-state index contributed by atoms with van der Waals surface area (Å²) in [6, 6.07) is 5.82. The van der Waals surface area contributed by atoms with E-state index in [1.54, 1.807) is 6.92 Å². The summed E-state index contributed by atoms with van der Waals surface area (Å²) in [4.78, 5) is 20.0. The molecule has 1 aromatic carbocycles. The number of anilines is 1. The van der Waals surface area contributed by atoms with Crippen LogP contribution in [0.2, 0.25) is 0 Å². The van der Waals surface area contributed by atoms with Gasteiger partial charge in [0.05, 0.1) is 31.6 Å². The van der Waals surface area contributed by atoms with Crippen molar-refractivity contribution in [3.63, 3.8) is 0 Å². The summed E-state index contributed by atoms with van der Waals surface area (Å²) in [5, 5.41) is 3.14. The van der Waals surface area contributed by atoms with Crippen molar-refractivity contribution in [2.24, 2.45) is 0 Å². The van der Waals surface area contributed by atoms with Gasteiger partial charge in [-0.25, -0.2) is 14.8 Å². The van der Waals surface area contributed by atoms with Crippen LogP contribution in [0.15, 0.2) is 24.4 Å². The molecule has 2 heterocycles. The van der Waals surface area contributed by atoms with E-state index in [1.807, 2.05) is 18.2 Å². The van der Waals surface area contributed by atoms with Gasteiger partial charge in [-0.2, -0.15) is 0 Å². The molecule has 0 fully saturated rings. The molecule has 0 spiro atoms. The number of carbonyl (C=O) groups excluding carboxylic acids is 1. The highest BCUT2D eigenvalue weighted by Gasteiger charge is 2.13. The molecule has 2 aromatic rings. The largest absolute Gasteiger partial charge is 0.490 e. The first kappa shape index (κ1) is 16.0. The second kappa shape index (κ2) is 7.16. The summed E-state index contributed by atoms with van der Waals surface area (Å²) in [5.41, 5.74) is 1.95. The SMILES string of the molecule is COC(=O)c1cnc(NCc2ccc3c(c2)OCCCO3)nc1C.